The minimum Gasteiger partial charge on any atom is -0.316 e. The van der Waals surface area contributed by atoms with Crippen LogP contribution in [0.3, 0.4) is 0 Å². The predicted molar refractivity (Wildman–Crippen MR) is 81.7 cm³/mol. The molecule has 1 aromatic carbocycles. The van der Waals surface area contributed by atoms with Crippen molar-refractivity contribution in [3.63, 3.8) is 0 Å². The molecule has 1 aliphatic heterocycles. The predicted octanol–water partition coefficient (Wildman–Crippen LogP) is 3.90. The van der Waals surface area contributed by atoms with Crippen LogP contribution in [-0.2, 0) is 0 Å². The van der Waals surface area contributed by atoms with Crippen LogP contribution in [0.15, 0.2) is 29.2 Å². The zero-order chi connectivity index (χ0) is 12.7. The molecule has 2 fully saturated rings. The van der Waals surface area contributed by atoms with Crippen LogP contribution >= 0.6 is 11.8 Å². The molecular formula is C17H23NS. The zero-order valence-corrected chi connectivity index (χ0v) is 12.3. The van der Waals surface area contributed by atoms with Crippen molar-refractivity contribution in [1.29, 1.82) is 0 Å². The molecule has 1 aromatic rings. The maximum atomic E-state index is 3.80. The molecule has 0 amide bonds. The van der Waals surface area contributed by atoms with Crippen molar-refractivity contribution in [2.45, 2.75) is 36.5 Å². The molecule has 2 aliphatic carbocycles. The summed E-state index contributed by atoms with van der Waals surface area (Å²) in [5, 5.41) is 3.80. The van der Waals surface area contributed by atoms with Crippen molar-refractivity contribution in [2.75, 3.05) is 18.8 Å². The van der Waals surface area contributed by atoms with E-state index in [-0.39, 0.29) is 0 Å². The van der Waals surface area contributed by atoms with Crippen LogP contribution in [0.4, 0.5) is 0 Å². The van der Waals surface area contributed by atoms with E-state index < -0.39 is 0 Å². The first kappa shape index (κ1) is 12.3. The van der Waals surface area contributed by atoms with Gasteiger partial charge >= 0.3 is 0 Å². The average Bonchev–Trinajstić information content (AvgIpc) is 3.34. The van der Waals surface area contributed by atoms with Gasteiger partial charge in [0.1, 0.15) is 0 Å². The maximum absolute atomic E-state index is 3.80. The Morgan fingerprint density at radius 2 is 1.84 bits per heavy atom. The van der Waals surface area contributed by atoms with Gasteiger partial charge in [0.2, 0.25) is 0 Å². The Morgan fingerprint density at radius 3 is 2.58 bits per heavy atom. The smallest absolute Gasteiger partial charge is 0.0108 e. The van der Waals surface area contributed by atoms with E-state index in [0.29, 0.717) is 0 Å². The number of fused-ring (bicyclic) bond motifs is 1. The van der Waals surface area contributed by atoms with Gasteiger partial charge in [0, 0.05) is 23.1 Å². The van der Waals surface area contributed by atoms with Crippen molar-refractivity contribution < 1.29 is 0 Å². The highest BCUT2D eigenvalue weighted by molar-refractivity contribution is 7.99. The van der Waals surface area contributed by atoms with Gasteiger partial charge in [-0.15, -0.1) is 11.8 Å². The van der Waals surface area contributed by atoms with Gasteiger partial charge in [-0.1, -0.05) is 18.2 Å². The van der Waals surface area contributed by atoms with E-state index in [9.17, 15) is 0 Å². The molecule has 1 unspecified atom stereocenters. The molecule has 1 heterocycles. The summed E-state index contributed by atoms with van der Waals surface area (Å²) in [5.41, 5.74) is 1.58. The minimum atomic E-state index is 0.736. The Balaban J connectivity index is 1.31. The zero-order valence-electron chi connectivity index (χ0n) is 11.5. The summed E-state index contributed by atoms with van der Waals surface area (Å²) >= 11 is 2.03. The molecule has 0 aromatic heterocycles. The van der Waals surface area contributed by atoms with Crippen molar-refractivity contribution >= 4 is 11.8 Å². The van der Waals surface area contributed by atoms with Crippen LogP contribution in [0.25, 0.3) is 0 Å². The monoisotopic (exact) mass is 273 g/mol. The van der Waals surface area contributed by atoms with Crippen LogP contribution in [0, 0.1) is 17.8 Å². The first-order valence-corrected chi connectivity index (χ1v) is 8.83. The lowest BCUT2D eigenvalue weighted by molar-refractivity contribution is 0.376. The van der Waals surface area contributed by atoms with Gasteiger partial charge in [0.15, 0.2) is 0 Å². The molecule has 0 saturated heterocycles. The van der Waals surface area contributed by atoms with Crippen molar-refractivity contribution in [3.8, 4) is 0 Å². The molecule has 0 radical (unpaired) electrons. The van der Waals surface area contributed by atoms with Crippen LogP contribution in [-0.4, -0.2) is 18.8 Å². The fraction of sp³-hybridized carbons (Fsp3) is 0.647. The van der Waals surface area contributed by atoms with E-state index in [1.165, 1.54) is 49.4 Å². The highest BCUT2D eigenvalue weighted by atomic mass is 32.2. The molecule has 2 heteroatoms. The number of hydrogen-bond donors (Lipinski definition) is 1. The molecule has 2 saturated carbocycles. The second kappa shape index (κ2) is 5.14. The number of rotatable bonds is 6. The summed E-state index contributed by atoms with van der Waals surface area (Å²) in [6, 6.07) is 8.95. The van der Waals surface area contributed by atoms with Gasteiger partial charge in [-0.2, -0.15) is 0 Å². The number of thioether (sulfide) groups is 1. The molecule has 1 nitrogen and oxygen atoms in total. The summed E-state index contributed by atoms with van der Waals surface area (Å²) in [5.74, 6) is 5.16. The Labute approximate surface area is 120 Å². The summed E-state index contributed by atoms with van der Waals surface area (Å²) < 4.78 is 0. The van der Waals surface area contributed by atoms with Gasteiger partial charge in [-0.05, 0) is 61.6 Å². The Bertz CT molecular complexity index is 438. The summed E-state index contributed by atoms with van der Waals surface area (Å²) in [6.45, 7) is 2.46. The highest BCUT2D eigenvalue weighted by Gasteiger charge is 2.40. The summed E-state index contributed by atoms with van der Waals surface area (Å²) in [4.78, 5) is 1.51. The topological polar surface area (TPSA) is 12.0 Å². The molecule has 0 spiro atoms. The molecular weight excluding hydrogens is 250 g/mol. The van der Waals surface area contributed by atoms with Gasteiger partial charge in [-0.3, -0.25) is 0 Å². The van der Waals surface area contributed by atoms with Gasteiger partial charge in [0.05, 0.1) is 0 Å². The second-order valence-electron chi connectivity index (χ2n) is 6.54. The molecule has 4 rings (SSSR count). The van der Waals surface area contributed by atoms with E-state index in [1.54, 1.807) is 5.56 Å². The largest absolute Gasteiger partial charge is 0.316 e. The molecule has 1 atom stereocenters. The van der Waals surface area contributed by atoms with Crippen LogP contribution in [0.2, 0.25) is 0 Å². The fourth-order valence-corrected chi connectivity index (χ4v) is 4.84. The van der Waals surface area contributed by atoms with E-state index in [4.69, 9.17) is 0 Å². The summed E-state index contributed by atoms with van der Waals surface area (Å²) in [6.07, 6.45) is 6.02. The van der Waals surface area contributed by atoms with Gasteiger partial charge < -0.3 is 5.32 Å². The van der Waals surface area contributed by atoms with E-state index in [0.717, 1.165) is 23.7 Å². The average molecular weight is 273 g/mol. The first-order valence-electron chi connectivity index (χ1n) is 7.84. The van der Waals surface area contributed by atoms with Crippen LogP contribution < -0.4 is 5.32 Å². The molecule has 1 N–H and O–H groups in total. The quantitative estimate of drug-likeness (QED) is 0.843. The lowest BCUT2D eigenvalue weighted by Crippen LogP contribution is -2.29. The Kier molecular flexibility index (Phi) is 3.32. The van der Waals surface area contributed by atoms with Gasteiger partial charge in [-0.25, -0.2) is 0 Å². The van der Waals surface area contributed by atoms with Crippen LogP contribution in [0.1, 0.15) is 37.2 Å². The van der Waals surface area contributed by atoms with Gasteiger partial charge in [0.25, 0.3) is 0 Å². The SMILES string of the molecule is c1ccc2c(c1)SCC2CNCC(C1CC1)C1CC1. The van der Waals surface area contributed by atoms with Crippen molar-refractivity contribution in [2.24, 2.45) is 17.8 Å². The lowest BCUT2D eigenvalue weighted by atomic mass is 9.97. The second-order valence-corrected chi connectivity index (χ2v) is 7.60. The lowest BCUT2D eigenvalue weighted by Gasteiger charge is -2.18. The number of benzene rings is 1. The number of hydrogen-bond acceptors (Lipinski definition) is 2. The Hall–Kier alpha value is -0.470. The number of nitrogens with one attached hydrogen (secondary N) is 1. The molecule has 19 heavy (non-hydrogen) atoms. The third kappa shape index (κ3) is 2.71. The van der Waals surface area contributed by atoms with E-state index in [1.807, 2.05) is 11.8 Å². The fourth-order valence-electron chi connectivity index (χ4n) is 3.59. The molecule has 3 aliphatic rings. The third-order valence-electron chi connectivity index (χ3n) is 5.02. The molecule has 102 valence electrons. The van der Waals surface area contributed by atoms with Crippen molar-refractivity contribution in [3.05, 3.63) is 29.8 Å². The van der Waals surface area contributed by atoms with E-state index >= 15 is 0 Å². The van der Waals surface area contributed by atoms with Crippen LogP contribution in [0.5, 0.6) is 0 Å². The minimum absolute atomic E-state index is 0.736. The normalized spacial score (nSPS) is 25.8. The highest BCUT2D eigenvalue weighted by Crippen LogP contribution is 2.49. The Morgan fingerprint density at radius 1 is 1.11 bits per heavy atom. The molecule has 0 bridgehead atoms. The first-order chi connectivity index (χ1) is 9.42. The summed E-state index contributed by atoms with van der Waals surface area (Å²) in [7, 11) is 0. The van der Waals surface area contributed by atoms with E-state index in [2.05, 4.69) is 29.6 Å². The third-order valence-corrected chi connectivity index (χ3v) is 6.28. The van der Waals surface area contributed by atoms with Crippen molar-refractivity contribution in [1.82, 2.24) is 5.32 Å². The maximum Gasteiger partial charge on any atom is 0.0108 e. The standard InChI is InChI=1S/C17H23NS/c1-2-4-17-15(3-1)14(11-19-17)9-18-10-16(12-5-6-12)13-7-8-13/h1-4,12-14,16,18H,5-11H2.